The summed E-state index contributed by atoms with van der Waals surface area (Å²) in [4.78, 5) is 11.7. The lowest BCUT2D eigenvalue weighted by Crippen LogP contribution is -2.51. The number of hydrogen-bond acceptors (Lipinski definition) is 3. The van der Waals surface area contributed by atoms with Crippen LogP contribution >= 0.6 is 12.4 Å². The molecule has 0 heterocycles. The Morgan fingerprint density at radius 3 is 2.83 bits per heavy atom. The molecule has 0 radical (unpaired) electrons. The molecule has 3 atom stereocenters. The van der Waals surface area contributed by atoms with E-state index in [0.29, 0.717) is 25.5 Å². The van der Waals surface area contributed by atoms with Gasteiger partial charge >= 0.3 is 5.97 Å². The van der Waals surface area contributed by atoms with E-state index in [9.17, 15) is 4.79 Å². The van der Waals surface area contributed by atoms with Crippen LogP contribution in [0.2, 0.25) is 0 Å². The molecule has 0 aromatic heterocycles. The summed E-state index contributed by atoms with van der Waals surface area (Å²) in [5, 5.41) is 0. The molecule has 0 unspecified atom stereocenters. The first kappa shape index (κ1) is 15.5. The minimum Gasteiger partial charge on any atom is -0.466 e. The molecule has 1 fully saturated rings. The van der Waals surface area contributed by atoms with E-state index in [1.165, 1.54) is 6.42 Å². The topological polar surface area (TPSA) is 52.3 Å². The minimum atomic E-state index is -0.0882. The highest BCUT2D eigenvalue weighted by Crippen LogP contribution is 2.59. The van der Waals surface area contributed by atoms with Gasteiger partial charge in [0.15, 0.2) is 0 Å². The van der Waals surface area contributed by atoms with Gasteiger partial charge in [-0.2, -0.15) is 0 Å². The van der Waals surface area contributed by atoms with Crippen LogP contribution in [0.5, 0.6) is 0 Å². The van der Waals surface area contributed by atoms with E-state index in [-0.39, 0.29) is 23.8 Å². The summed E-state index contributed by atoms with van der Waals surface area (Å²) in [5.74, 6) is 1.17. The number of hydrogen-bond donors (Lipinski definition) is 1. The Hall–Kier alpha value is -0.540. The molecule has 4 heteroatoms. The zero-order chi connectivity index (χ0) is 12.5. The molecule has 2 aliphatic rings. The summed E-state index contributed by atoms with van der Waals surface area (Å²) in [6, 6.07) is 0. The minimum absolute atomic E-state index is 0. The van der Waals surface area contributed by atoms with E-state index in [1.807, 2.05) is 6.92 Å². The number of halogens is 1. The number of carbonyl (C=O) groups is 1. The number of rotatable bonds is 5. The zero-order valence-electron chi connectivity index (χ0n) is 11.3. The number of allylic oxidation sites excluding steroid dienone is 2. The molecule has 2 aliphatic carbocycles. The van der Waals surface area contributed by atoms with Crippen molar-refractivity contribution in [1.29, 1.82) is 0 Å². The van der Waals surface area contributed by atoms with Crippen LogP contribution in [0.1, 0.15) is 39.5 Å². The highest BCUT2D eigenvalue weighted by atomic mass is 35.5. The number of nitrogens with two attached hydrogens (primary N) is 1. The first-order valence-electron chi connectivity index (χ1n) is 6.70. The van der Waals surface area contributed by atoms with Crippen LogP contribution in [0.3, 0.4) is 0 Å². The summed E-state index contributed by atoms with van der Waals surface area (Å²) in [5.41, 5.74) is 7.45. The van der Waals surface area contributed by atoms with Gasteiger partial charge in [0, 0.05) is 0 Å². The summed E-state index contributed by atoms with van der Waals surface area (Å²) < 4.78 is 5.06. The Morgan fingerprint density at radius 1 is 1.56 bits per heavy atom. The van der Waals surface area contributed by atoms with Gasteiger partial charge in [-0.25, -0.2) is 0 Å². The number of carbonyl (C=O) groups excluding carboxylic acids is 1. The Kier molecular flexibility index (Phi) is 5.23. The smallest absolute Gasteiger partial charge is 0.306 e. The van der Waals surface area contributed by atoms with E-state index in [0.717, 1.165) is 18.8 Å². The normalized spacial score (nSPS) is 32.9. The second-order valence-corrected chi connectivity index (χ2v) is 5.42. The zero-order valence-corrected chi connectivity index (χ0v) is 12.1. The van der Waals surface area contributed by atoms with Crippen molar-refractivity contribution >= 4 is 18.4 Å². The van der Waals surface area contributed by atoms with Gasteiger partial charge in [-0.15, -0.1) is 12.4 Å². The molecule has 2 rings (SSSR count). The van der Waals surface area contributed by atoms with E-state index < -0.39 is 0 Å². The summed E-state index contributed by atoms with van der Waals surface area (Å²) in [7, 11) is 0. The number of ether oxygens (including phenoxy) is 1. The van der Waals surface area contributed by atoms with Crippen molar-refractivity contribution in [3.8, 4) is 0 Å². The lowest BCUT2D eigenvalue weighted by Gasteiger charge is -2.51. The van der Waals surface area contributed by atoms with Crippen LogP contribution in [0.4, 0.5) is 0 Å². The largest absolute Gasteiger partial charge is 0.466 e. The highest BCUT2D eigenvalue weighted by Gasteiger charge is 2.54. The van der Waals surface area contributed by atoms with Crippen LogP contribution in [0, 0.1) is 17.3 Å². The van der Waals surface area contributed by atoms with Gasteiger partial charge in [-0.1, -0.05) is 18.6 Å². The highest BCUT2D eigenvalue weighted by molar-refractivity contribution is 5.85. The van der Waals surface area contributed by atoms with Crippen LogP contribution in [0.25, 0.3) is 0 Å². The van der Waals surface area contributed by atoms with Crippen molar-refractivity contribution in [2.45, 2.75) is 39.5 Å². The molecule has 0 aromatic rings. The van der Waals surface area contributed by atoms with Crippen molar-refractivity contribution in [2.24, 2.45) is 23.0 Å². The maximum absolute atomic E-state index is 11.7. The third-order valence-corrected chi connectivity index (χ3v) is 4.49. The molecule has 0 aliphatic heterocycles. The van der Waals surface area contributed by atoms with Gasteiger partial charge < -0.3 is 10.5 Å². The Balaban J connectivity index is 0.00000162. The van der Waals surface area contributed by atoms with Gasteiger partial charge in [0.25, 0.3) is 0 Å². The summed E-state index contributed by atoms with van der Waals surface area (Å²) in [6.07, 6.45) is 6.30. The third kappa shape index (κ3) is 2.57. The van der Waals surface area contributed by atoms with Crippen LogP contribution in [-0.4, -0.2) is 19.1 Å². The molecular weight excluding hydrogens is 250 g/mol. The van der Waals surface area contributed by atoms with E-state index in [4.69, 9.17) is 10.5 Å². The van der Waals surface area contributed by atoms with Crippen molar-refractivity contribution in [3.63, 3.8) is 0 Å². The molecule has 0 aromatic carbocycles. The standard InChI is InChI=1S/C14H23NO2.ClH/c1-3-10-5-11-7-14(9-15,12(11)6-10)8-13(16)17-4-2;/h6,11-12H,3-5,7-9,15H2,1-2H3;1H/t11-,12-,14-;/m1./s1. The molecule has 104 valence electrons. The molecular formula is C14H24ClNO2. The van der Waals surface area contributed by atoms with Crippen LogP contribution < -0.4 is 5.73 Å². The first-order valence-corrected chi connectivity index (χ1v) is 6.70. The molecule has 3 nitrogen and oxygen atoms in total. The second kappa shape index (κ2) is 6.07. The van der Waals surface area contributed by atoms with Crippen molar-refractivity contribution in [1.82, 2.24) is 0 Å². The Bertz CT molecular complexity index is 343. The number of fused-ring (bicyclic) bond motifs is 1. The van der Waals surface area contributed by atoms with E-state index >= 15 is 0 Å². The molecule has 18 heavy (non-hydrogen) atoms. The third-order valence-electron chi connectivity index (χ3n) is 4.49. The Labute approximate surface area is 116 Å². The molecule has 0 bridgehead atoms. The fourth-order valence-corrected chi connectivity index (χ4v) is 3.54. The monoisotopic (exact) mass is 273 g/mol. The van der Waals surface area contributed by atoms with E-state index in [1.54, 1.807) is 5.57 Å². The second-order valence-electron chi connectivity index (χ2n) is 5.42. The maximum Gasteiger partial charge on any atom is 0.306 e. The molecule has 0 amide bonds. The summed E-state index contributed by atoms with van der Waals surface area (Å²) >= 11 is 0. The average molecular weight is 274 g/mol. The lowest BCUT2D eigenvalue weighted by atomic mass is 9.53. The predicted molar refractivity (Wildman–Crippen MR) is 74.6 cm³/mol. The fourth-order valence-electron chi connectivity index (χ4n) is 3.54. The lowest BCUT2D eigenvalue weighted by molar-refractivity contribution is -0.150. The molecule has 0 spiro atoms. The Morgan fingerprint density at radius 2 is 2.28 bits per heavy atom. The SMILES string of the molecule is CCOC(=O)C[C@@]1(CN)C[C@H]2CC(CC)=C[C@H]21.Cl. The van der Waals surface area contributed by atoms with Gasteiger partial charge in [0.2, 0.25) is 0 Å². The van der Waals surface area contributed by atoms with Gasteiger partial charge in [-0.3, -0.25) is 4.79 Å². The van der Waals surface area contributed by atoms with Crippen molar-refractivity contribution in [2.75, 3.05) is 13.2 Å². The fraction of sp³-hybridized carbons (Fsp3) is 0.786. The number of esters is 1. The van der Waals surface area contributed by atoms with Crippen LogP contribution in [0.15, 0.2) is 11.6 Å². The predicted octanol–water partition coefficient (Wildman–Crippen LogP) is 2.68. The summed E-state index contributed by atoms with van der Waals surface area (Å²) in [6.45, 7) is 5.11. The van der Waals surface area contributed by atoms with Gasteiger partial charge in [0.1, 0.15) is 0 Å². The first-order chi connectivity index (χ1) is 8.15. The van der Waals surface area contributed by atoms with Crippen LogP contribution in [-0.2, 0) is 9.53 Å². The molecule has 2 N–H and O–H groups in total. The van der Waals surface area contributed by atoms with Crippen molar-refractivity contribution < 1.29 is 9.53 Å². The molecule has 1 saturated carbocycles. The maximum atomic E-state index is 11.7. The van der Waals surface area contributed by atoms with Crippen molar-refractivity contribution in [3.05, 3.63) is 11.6 Å². The van der Waals surface area contributed by atoms with E-state index in [2.05, 4.69) is 13.0 Å². The average Bonchev–Trinajstić information content (AvgIpc) is 2.65. The van der Waals surface area contributed by atoms with Gasteiger partial charge in [0.05, 0.1) is 13.0 Å². The quantitative estimate of drug-likeness (QED) is 0.619. The van der Waals surface area contributed by atoms with Gasteiger partial charge in [-0.05, 0) is 50.0 Å². The molecule has 0 saturated heterocycles.